The molecule has 0 radical (unpaired) electrons. The van der Waals surface area contributed by atoms with Gasteiger partial charge in [0.25, 0.3) is 0 Å². The molecule has 0 N–H and O–H groups in total. The fourth-order valence-corrected chi connectivity index (χ4v) is 10.4. The molecule has 262 valence electrons. The maximum absolute atomic E-state index is 5.32. The number of para-hydroxylation sites is 3. The average Bonchev–Trinajstić information content (AvgIpc) is 4.00. The van der Waals surface area contributed by atoms with Gasteiger partial charge in [0.2, 0.25) is 0 Å². The smallest absolute Gasteiger partial charge is 0.168 e. The summed E-state index contributed by atoms with van der Waals surface area (Å²) in [7, 11) is 0. The number of hydrogen-bond donors (Lipinski definition) is 0. The van der Waals surface area contributed by atoms with Crippen molar-refractivity contribution in [1.29, 1.82) is 0 Å². The van der Waals surface area contributed by atoms with Crippen molar-refractivity contribution in [1.82, 2.24) is 23.7 Å². The molecule has 0 aliphatic carbocycles. The number of aromatic nitrogens is 5. The Morgan fingerprint density at radius 3 is 1.54 bits per heavy atom. The summed E-state index contributed by atoms with van der Waals surface area (Å²) >= 11 is 0. The van der Waals surface area contributed by atoms with Gasteiger partial charge in [-0.2, -0.15) is 0 Å². The SMILES string of the molecule is c1ccc2c(c1)ccc1c2c2ccccc2n1-c1nnc(-n2c3cc4c5ccccc5n5c6ccccc6c(c3c3ccc6ccccc6c32)c45)c2ccccc12. The Bertz CT molecular complexity index is 4050. The standard InChI is InChI=1S/C52H29N5/c1-3-15-32-30(13-1)26-28-44-46(32)37-20-8-12-24-43(37)56(44)51-35-18-5-6-19-36(35)52(54-53-51)57-45-29-40-34-17-7-10-22-41(34)55-42-23-11-9-21-38(42)48(50(40)55)47(45)39-27-25-31-14-2-4-16-33(31)49(39)57/h1-29H. The van der Waals surface area contributed by atoms with Crippen molar-refractivity contribution in [3.05, 3.63) is 176 Å². The second-order valence-electron chi connectivity index (χ2n) is 15.4. The molecule has 0 spiro atoms. The number of fused-ring (bicyclic) bond motifs is 18. The number of rotatable bonds is 2. The second-order valence-corrected chi connectivity index (χ2v) is 15.4. The van der Waals surface area contributed by atoms with E-state index in [0.717, 1.165) is 44.5 Å². The van der Waals surface area contributed by atoms with Crippen LogP contribution in [0.2, 0.25) is 0 Å². The van der Waals surface area contributed by atoms with E-state index in [4.69, 9.17) is 10.2 Å². The van der Waals surface area contributed by atoms with Gasteiger partial charge < -0.3 is 4.40 Å². The van der Waals surface area contributed by atoms with E-state index in [2.05, 4.69) is 189 Å². The summed E-state index contributed by atoms with van der Waals surface area (Å²) < 4.78 is 7.19. The Hall–Kier alpha value is -7.76. The molecule has 14 aromatic rings. The van der Waals surface area contributed by atoms with Crippen molar-refractivity contribution in [3.63, 3.8) is 0 Å². The van der Waals surface area contributed by atoms with E-state index in [1.54, 1.807) is 0 Å². The zero-order valence-electron chi connectivity index (χ0n) is 30.5. The lowest BCUT2D eigenvalue weighted by Gasteiger charge is -2.15. The molecule has 0 saturated heterocycles. The van der Waals surface area contributed by atoms with E-state index < -0.39 is 0 Å². The minimum atomic E-state index is 0.818. The van der Waals surface area contributed by atoms with Crippen LogP contribution in [0.3, 0.4) is 0 Å². The first-order valence-electron chi connectivity index (χ1n) is 19.5. The minimum Gasteiger partial charge on any atom is -0.308 e. The third kappa shape index (κ3) is 3.60. The quantitative estimate of drug-likeness (QED) is 0.178. The summed E-state index contributed by atoms with van der Waals surface area (Å²) in [5.41, 5.74) is 8.21. The van der Waals surface area contributed by atoms with Crippen LogP contribution >= 0.6 is 0 Å². The first-order chi connectivity index (χ1) is 28.3. The van der Waals surface area contributed by atoms with E-state index in [1.165, 1.54) is 81.2 Å². The monoisotopic (exact) mass is 723 g/mol. The molecule has 0 fully saturated rings. The normalized spacial score (nSPS) is 12.6. The molecule has 0 aliphatic rings. The highest BCUT2D eigenvalue weighted by atomic mass is 15.3. The van der Waals surface area contributed by atoms with Crippen LogP contribution < -0.4 is 0 Å². The van der Waals surface area contributed by atoms with Gasteiger partial charge in [-0.1, -0.05) is 146 Å². The number of nitrogens with zero attached hydrogens (tertiary/aromatic N) is 5. The molecule has 5 nitrogen and oxygen atoms in total. The molecule has 0 unspecified atom stereocenters. The molecule has 0 bridgehead atoms. The highest BCUT2D eigenvalue weighted by molar-refractivity contribution is 6.37. The fourth-order valence-electron chi connectivity index (χ4n) is 10.4. The summed E-state index contributed by atoms with van der Waals surface area (Å²) in [6.45, 7) is 0. The van der Waals surface area contributed by atoms with Crippen molar-refractivity contribution in [2.24, 2.45) is 0 Å². The highest BCUT2D eigenvalue weighted by Crippen LogP contribution is 2.48. The first kappa shape index (κ1) is 29.6. The van der Waals surface area contributed by atoms with Crippen LogP contribution in [0.1, 0.15) is 0 Å². The first-order valence-corrected chi connectivity index (χ1v) is 19.5. The number of hydrogen-bond acceptors (Lipinski definition) is 2. The van der Waals surface area contributed by atoms with Crippen molar-refractivity contribution in [2.45, 2.75) is 0 Å². The summed E-state index contributed by atoms with van der Waals surface area (Å²) in [5, 5.41) is 27.4. The highest BCUT2D eigenvalue weighted by Gasteiger charge is 2.27. The van der Waals surface area contributed by atoms with Crippen LogP contribution in [0.25, 0.3) is 126 Å². The van der Waals surface area contributed by atoms with Crippen LogP contribution in [0.15, 0.2) is 176 Å². The van der Waals surface area contributed by atoms with Crippen molar-refractivity contribution >= 4 is 114 Å². The lowest BCUT2D eigenvalue weighted by atomic mass is 10.0. The summed E-state index contributed by atoms with van der Waals surface area (Å²) in [5.74, 6) is 1.64. The van der Waals surface area contributed by atoms with Gasteiger partial charge in [-0.05, 0) is 46.5 Å². The Labute approximate surface area is 324 Å². The zero-order chi connectivity index (χ0) is 36.9. The molecule has 0 saturated carbocycles. The Morgan fingerprint density at radius 1 is 0.281 bits per heavy atom. The topological polar surface area (TPSA) is 40.0 Å². The molecular formula is C52H29N5. The average molecular weight is 724 g/mol. The van der Waals surface area contributed by atoms with E-state index >= 15 is 0 Å². The van der Waals surface area contributed by atoms with E-state index in [-0.39, 0.29) is 0 Å². The van der Waals surface area contributed by atoms with E-state index in [1.807, 2.05) is 0 Å². The molecule has 9 aromatic carbocycles. The largest absolute Gasteiger partial charge is 0.308 e. The third-order valence-corrected chi connectivity index (χ3v) is 12.6. The lowest BCUT2D eigenvalue weighted by Crippen LogP contribution is -2.06. The van der Waals surface area contributed by atoms with E-state index in [0.29, 0.717) is 0 Å². The third-order valence-electron chi connectivity index (χ3n) is 12.6. The van der Waals surface area contributed by atoms with Gasteiger partial charge in [-0.25, -0.2) is 0 Å². The summed E-state index contributed by atoms with van der Waals surface area (Å²) in [6.07, 6.45) is 0. The van der Waals surface area contributed by atoms with Gasteiger partial charge in [0.05, 0.1) is 38.6 Å². The molecule has 5 heteroatoms. The van der Waals surface area contributed by atoms with Gasteiger partial charge >= 0.3 is 0 Å². The zero-order valence-corrected chi connectivity index (χ0v) is 30.5. The predicted molar refractivity (Wildman–Crippen MR) is 238 cm³/mol. The van der Waals surface area contributed by atoms with Crippen molar-refractivity contribution < 1.29 is 0 Å². The van der Waals surface area contributed by atoms with Gasteiger partial charge in [0.1, 0.15) is 0 Å². The molecule has 57 heavy (non-hydrogen) atoms. The molecule has 5 heterocycles. The fraction of sp³-hybridized carbons (Fsp3) is 0. The number of benzene rings is 9. The van der Waals surface area contributed by atoms with Gasteiger partial charge in [-0.3, -0.25) is 9.13 Å². The van der Waals surface area contributed by atoms with Gasteiger partial charge in [-0.15, -0.1) is 10.2 Å². The summed E-state index contributed by atoms with van der Waals surface area (Å²) in [4.78, 5) is 0. The molecule has 14 rings (SSSR count). The Balaban J connectivity index is 1.17. The van der Waals surface area contributed by atoms with Crippen molar-refractivity contribution in [3.8, 4) is 11.6 Å². The van der Waals surface area contributed by atoms with Crippen molar-refractivity contribution in [2.75, 3.05) is 0 Å². The van der Waals surface area contributed by atoms with E-state index in [9.17, 15) is 0 Å². The Kier molecular flexibility index (Phi) is 5.45. The second kappa shape index (κ2) is 10.5. The van der Waals surface area contributed by atoms with Crippen LogP contribution in [0.4, 0.5) is 0 Å². The molecule has 0 amide bonds. The van der Waals surface area contributed by atoms with Gasteiger partial charge in [0.15, 0.2) is 11.6 Å². The minimum absolute atomic E-state index is 0.818. The Morgan fingerprint density at radius 2 is 0.807 bits per heavy atom. The van der Waals surface area contributed by atoms with Gasteiger partial charge in [0, 0.05) is 59.2 Å². The molecule has 0 atom stereocenters. The maximum Gasteiger partial charge on any atom is 0.168 e. The van der Waals surface area contributed by atoms with Crippen LogP contribution in [-0.4, -0.2) is 23.7 Å². The predicted octanol–water partition coefficient (Wildman–Crippen LogP) is 13.3. The molecular weight excluding hydrogens is 695 g/mol. The van der Waals surface area contributed by atoms with Crippen LogP contribution in [0.5, 0.6) is 0 Å². The molecule has 0 aliphatic heterocycles. The lowest BCUT2D eigenvalue weighted by molar-refractivity contribution is 0.930. The summed E-state index contributed by atoms with van der Waals surface area (Å²) in [6, 6.07) is 63.9. The maximum atomic E-state index is 5.32. The molecule has 5 aromatic heterocycles. The van der Waals surface area contributed by atoms with Crippen LogP contribution in [-0.2, 0) is 0 Å². The van der Waals surface area contributed by atoms with Crippen LogP contribution in [0, 0.1) is 0 Å².